The molecule has 0 saturated heterocycles. The van der Waals surface area contributed by atoms with Crippen molar-refractivity contribution in [2.24, 2.45) is 5.92 Å². The highest BCUT2D eigenvalue weighted by molar-refractivity contribution is 5.82. The Bertz CT molecular complexity index is 282. The average Bonchev–Trinajstić information content (AvgIpc) is 2.19. The molecule has 18 heavy (non-hydrogen) atoms. The Morgan fingerprint density at radius 1 is 1.17 bits per heavy atom. The molecule has 0 spiro atoms. The molecule has 0 aromatic rings. The fourth-order valence-electron chi connectivity index (χ4n) is 1.16. The van der Waals surface area contributed by atoms with Crippen LogP contribution in [0.15, 0.2) is 0 Å². The Kier molecular flexibility index (Phi) is 6.91. The van der Waals surface area contributed by atoms with Crippen molar-refractivity contribution in [3.05, 3.63) is 0 Å². The second-order valence-corrected chi connectivity index (χ2v) is 5.83. The van der Waals surface area contributed by atoms with E-state index in [0.717, 1.165) is 0 Å². The van der Waals surface area contributed by atoms with Gasteiger partial charge in [0.2, 0.25) is 5.91 Å². The molecule has 0 aliphatic heterocycles. The lowest BCUT2D eigenvalue weighted by Crippen LogP contribution is -2.45. The number of ether oxygens (including phenoxy) is 1. The standard InChI is InChI=1S/C13H26N2O3/c1-9(2)7-15-12(17)10(3)14-8-11(16)18-13(4,5)6/h9-10,14H,7-8H2,1-6H3,(H,15,17). The highest BCUT2D eigenvalue weighted by atomic mass is 16.6. The van der Waals surface area contributed by atoms with Crippen LogP contribution < -0.4 is 10.6 Å². The quantitative estimate of drug-likeness (QED) is 0.700. The summed E-state index contributed by atoms with van der Waals surface area (Å²) in [6.07, 6.45) is 0. The van der Waals surface area contributed by atoms with Crippen LogP contribution in [-0.4, -0.2) is 36.6 Å². The SMILES string of the molecule is CC(C)CNC(=O)C(C)NCC(=O)OC(C)(C)C. The maximum absolute atomic E-state index is 11.6. The van der Waals surface area contributed by atoms with Gasteiger partial charge in [0, 0.05) is 6.54 Å². The highest BCUT2D eigenvalue weighted by Crippen LogP contribution is 2.06. The summed E-state index contributed by atoms with van der Waals surface area (Å²) in [5.74, 6) is -0.0507. The van der Waals surface area contributed by atoms with Crippen molar-refractivity contribution in [2.45, 2.75) is 53.2 Å². The third kappa shape index (κ3) is 8.98. The molecule has 5 heteroatoms. The topological polar surface area (TPSA) is 67.4 Å². The first kappa shape index (κ1) is 16.9. The molecule has 0 rings (SSSR count). The van der Waals surface area contributed by atoms with Gasteiger partial charge in [-0.1, -0.05) is 13.8 Å². The molecule has 5 nitrogen and oxygen atoms in total. The first-order valence-corrected chi connectivity index (χ1v) is 6.34. The lowest BCUT2D eigenvalue weighted by molar-refractivity contribution is -0.153. The highest BCUT2D eigenvalue weighted by Gasteiger charge is 2.18. The molecule has 0 radical (unpaired) electrons. The molecule has 1 atom stereocenters. The third-order valence-corrected chi connectivity index (χ3v) is 2.05. The Morgan fingerprint density at radius 2 is 1.72 bits per heavy atom. The van der Waals surface area contributed by atoms with Gasteiger partial charge in [0.1, 0.15) is 5.60 Å². The molecule has 1 unspecified atom stereocenters. The van der Waals surface area contributed by atoms with Gasteiger partial charge in [-0.3, -0.25) is 14.9 Å². The fourth-order valence-corrected chi connectivity index (χ4v) is 1.16. The monoisotopic (exact) mass is 258 g/mol. The summed E-state index contributed by atoms with van der Waals surface area (Å²) in [6, 6.07) is -0.406. The second-order valence-electron chi connectivity index (χ2n) is 5.83. The van der Waals surface area contributed by atoms with Crippen LogP contribution >= 0.6 is 0 Å². The minimum absolute atomic E-state index is 0.0353. The maximum atomic E-state index is 11.6. The molecule has 1 amide bonds. The van der Waals surface area contributed by atoms with E-state index in [2.05, 4.69) is 10.6 Å². The minimum Gasteiger partial charge on any atom is -0.459 e. The molecular weight excluding hydrogens is 232 g/mol. The van der Waals surface area contributed by atoms with Crippen LogP contribution in [0.5, 0.6) is 0 Å². The molecule has 0 aliphatic carbocycles. The molecule has 2 N–H and O–H groups in total. The molecule has 106 valence electrons. The van der Waals surface area contributed by atoms with E-state index < -0.39 is 11.6 Å². The molecule has 0 fully saturated rings. The van der Waals surface area contributed by atoms with E-state index in [1.165, 1.54) is 0 Å². The summed E-state index contributed by atoms with van der Waals surface area (Å²) in [5, 5.41) is 5.64. The number of carbonyl (C=O) groups is 2. The number of amides is 1. The average molecular weight is 258 g/mol. The molecule has 0 bridgehead atoms. The van der Waals surface area contributed by atoms with Crippen LogP contribution in [0.25, 0.3) is 0 Å². The van der Waals surface area contributed by atoms with E-state index in [1.807, 2.05) is 34.6 Å². The van der Waals surface area contributed by atoms with Crippen LogP contribution in [0.2, 0.25) is 0 Å². The first-order valence-electron chi connectivity index (χ1n) is 6.34. The number of nitrogens with one attached hydrogen (secondary N) is 2. The van der Waals surface area contributed by atoms with Gasteiger partial charge in [-0.2, -0.15) is 0 Å². The van der Waals surface area contributed by atoms with Crippen molar-refractivity contribution in [3.63, 3.8) is 0 Å². The summed E-state index contributed by atoms with van der Waals surface area (Å²) in [6.45, 7) is 11.9. The van der Waals surface area contributed by atoms with Crippen molar-refractivity contribution in [2.75, 3.05) is 13.1 Å². The number of esters is 1. The molecule has 0 aliphatic rings. The molecule has 0 aromatic carbocycles. The van der Waals surface area contributed by atoms with Gasteiger partial charge >= 0.3 is 5.97 Å². The van der Waals surface area contributed by atoms with Gasteiger partial charge in [0.15, 0.2) is 0 Å². The summed E-state index contributed by atoms with van der Waals surface area (Å²) in [4.78, 5) is 23.1. The van der Waals surface area contributed by atoms with E-state index in [4.69, 9.17) is 4.74 Å². The zero-order chi connectivity index (χ0) is 14.3. The van der Waals surface area contributed by atoms with Crippen LogP contribution in [0.3, 0.4) is 0 Å². The molecule has 0 heterocycles. The van der Waals surface area contributed by atoms with Gasteiger partial charge in [0.05, 0.1) is 12.6 Å². The molecule has 0 saturated carbocycles. The smallest absolute Gasteiger partial charge is 0.320 e. The predicted molar refractivity (Wildman–Crippen MR) is 71.2 cm³/mol. The van der Waals surface area contributed by atoms with E-state index in [0.29, 0.717) is 12.5 Å². The third-order valence-electron chi connectivity index (χ3n) is 2.05. The number of hydrogen-bond donors (Lipinski definition) is 2. The van der Waals surface area contributed by atoms with Gasteiger partial charge in [0.25, 0.3) is 0 Å². The predicted octanol–water partition coefficient (Wildman–Crippen LogP) is 1.08. The van der Waals surface area contributed by atoms with Crippen molar-refractivity contribution in [3.8, 4) is 0 Å². The summed E-state index contributed by atoms with van der Waals surface area (Å²) in [7, 11) is 0. The first-order chi connectivity index (χ1) is 8.11. The van der Waals surface area contributed by atoms with E-state index >= 15 is 0 Å². The lowest BCUT2D eigenvalue weighted by Gasteiger charge is -2.20. The zero-order valence-electron chi connectivity index (χ0n) is 12.3. The Morgan fingerprint density at radius 3 is 2.17 bits per heavy atom. The Balaban J connectivity index is 3.92. The normalized spacial score (nSPS) is 13.3. The fraction of sp³-hybridized carbons (Fsp3) is 0.846. The lowest BCUT2D eigenvalue weighted by atomic mass is 10.2. The van der Waals surface area contributed by atoms with Crippen LogP contribution in [0, 0.1) is 5.92 Å². The number of hydrogen-bond acceptors (Lipinski definition) is 4. The zero-order valence-corrected chi connectivity index (χ0v) is 12.3. The van der Waals surface area contributed by atoms with Gasteiger partial charge < -0.3 is 10.1 Å². The Hall–Kier alpha value is -1.10. The molecule has 0 aromatic heterocycles. The summed E-state index contributed by atoms with van der Waals surface area (Å²) >= 11 is 0. The second kappa shape index (κ2) is 7.36. The number of rotatable bonds is 6. The molecular formula is C13H26N2O3. The summed E-state index contributed by atoms with van der Waals surface area (Å²) in [5.41, 5.74) is -0.498. The van der Waals surface area contributed by atoms with Crippen LogP contribution in [0.4, 0.5) is 0 Å². The number of carbonyl (C=O) groups excluding carboxylic acids is 2. The van der Waals surface area contributed by atoms with E-state index in [1.54, 1.807) is 6.92 Å². The van der Waals surface area contributed by atoms with Crippen molar-refractivity contribution < 1.29 is 14.3 Å². The minimum atomic E-state index is -0.498. The van der Waals surface area contributed by atoms with E-state index in [-0.39, 0.29) is 18.4 Å². The van der Waals surface area contributed by atoms with Crippen molar-refractivity contribution in [1.82, 2.24) is 10.6 Å². The van der Waals surface area contributed by atoms with Gasteiger partial charge in [-0.15, -0.1) is 0 Å². The van der Waals surface area contributed by atoms with E-state index in [9.17, 15) is 9.59 Å². The van der Waals surface area contributed by atoms with Crippen LogP contribution in [0.1, 0.15) is 41.5 Å². The maximum Gasteiger partial charge on any atom is 0.320 e. The Labute approximate surface area is 110 Å². The van der Waals surface area contributed by atoms with Gasteiger partial charge in [-0.05, 0) is 33.6 Å². The largest absolute Gasteiger partial charge is 0.459 e. The van der Waals surface area contributed by atoms with Crippen LogP contribution in [-0.2, 0) is 14.3 Å². The van der Waals surface area contributed by atoms with Crippen molar-refractivity contribution >= 4 is 11.9 Å². The van der Waals surface area contributed by atoms with Crippen molar-refractivity contribution in [1.29, 1.82) is 0 Å². The summed E-state index contributed by atoms with van der Waals surface area (Å²) < 4.78 is 5.13. The van der Waals surface area contributed by atoms with Gasteiger partial charge in [-0.25, -0.2) is 0 Å².